The maximum absolute atomic E-state index is 11.5. The largest absolute Gasteiger partial charge is 0.481 e. The predicted molar refractivity (Wildman–Crippen MR) is 49.6 cm³/mol. The Morgan fingerprint density at radius 1 is 1.36 bits per heavy atom. The molecule has 0 radical (unpaired) electrons. The van der Waals surface area contributed by atoms with Crippen LogP contribution in [0.25, 0.3) is 0 Å². The summed E-state index contributed by atoms with van der Waals surface area (Å²) in [5.41, 5.74) is 0. The van der Waals surface area contributed by atoms with Crippen molar-refractivity contribution in [3.05, 3.63) is 0 Å². The van der Waals surface area contributed by atoms with Crippen LogP contribution in [0.2, 0.25) is 0 Å². The molecule has 2 aliphatic rings. The van der Waals surface area contributed by atoms with Gasteiger partial charge in [-0.1, -0.05) is 0 Å². The van der Waals surface area contributed by atoms with E-state index in [1.165, 1.54) is 12.8 Å². The number of hydrogen-bond donors (Lipinski definition) is 2. The second kappa shape index (κ2) is 3.26. The fraction of sp³-hybridized carbons (Fsp3) is 0.800. The van der Waals surface area contributed by atoms with Gasteiger partial charge in [-0.2, -0.15) is 0 Å². The number of nitrogens with one attached hydrogen (secondary N) is 1. The van der Waals surface area contributed by atoms with Gasteiger partial charge in [0.15, 0.2) is 0 Å². The van der Waals surface area contributed by atoms with Crippen molar-refractivity contribution >= 4 is 11.9 Å². The summed E-state index contributed by atoms with van der Waals surface area (Å²) in [4.78, 5) is 22.0. The van der Waals surface area contributed by atoms with Crippen LogP contribution in [0.1, 0.15) is 26.2 Å². The van der Waals surface area contributed by atoms with Gasteiger partial charge in [0.2, 0.25) is 5.91 Å². The Morgan fingerprint density at radius 2 is 2.00 bits per heavy atom. The number of aliphatic carboxylic acids is 1. The molecule has 2 saturated carbocycles. The maximum atomic E-state index is 11.5. The lowest BCUT2D eigenvalue weighted by Crippen LogP contribution is -2.35. The van der Waals surface area contributed by atoms with Crippen LogP contribution >= 0.6 is 0 Å². The molecule has 0 spiro atoms. The molecule has 14 heavy (non-hydrogen) atoms. The van der Waals surface area contributed by atoms with E-state index in [0.29, 0.717) is 12.3 Å². The van der Waals surface area contributed by atoms with Gasteiger partial charge in [-0.15, -0.1) is 0 Å². The van der Waals surface area contributed by atoms with Gasteiger partial charge >= 0.3 is 5.97 Å². The van der Waals surface area contributed by atoms with Crippen LogP contribution in [0.5, 0.6) is 0 Å². The normalized spacial score (nSPS) is 32.1. The molecule has 1 amide bonds. The summed E-state index contributed by atoms with van der Waals surface area (Å²) in [6, 6.07) is 0.220. The Morgan fingerprint density at radius 3 is 2.43 bits per heavy atom. The number of hydrogen-bond acceptors (Lipinski definition) is 2. The van der Waals surface area contributed by atoms with Gasteiger partial charge in [0.25, 0.3) is 0 Å². The number of rotatable bonds is 4. The van der Waals surface area contributed by atoms with Crippen molar-refractivity contribution in [2.24, 2.45) is 17.8 Å². The van der Waals surface area contributed by atoms with E-state index in [1.54, 1.807) is 0 Å². The van der Waals surface area contributed by atoms with Crippen molar-refractivity contribution < 1.29 is 14.7 Å². The van der Waals surface area contributed by atoms with Gasteiger partial charge in [0.1, 0.15) is 0 Å². The second-order valence-electron chi connectivity index (χ2n) is 4.42. The van der Waals surface area contributed by atoms with Crippen LogP contribution in [-0.4, -0.2) is 23.0 Å². The quantitative estimate of drug-likeness (QED) is 0.694. The molecule has 0 bridgehead atoms. The topological polar surface area (TPSA) is 66.4 Å². The monoisotopic (exact) mass is 197 g/mol. The van der Waals surface area contributed by atoms with E-state index in [9.17, 15) is 9.59 Å². The molecule has 0 saturated heterocycles. The van der Waals surface area contributed by atoms with Crippen molar-refractivity contribution in [2.75, 3.05) is 0 Å². The summed E-state index contributed by atoms with van der Waals surface area (Å²) in [5, 5.41) is 11.5. The zero-order valence-corrected chi connectivity index (χ0v) is 8.19. The van der Waals surface area contributed by atoms with Crippen LogP contribution in [-0.2, 0) is 9.59 Å². The van der Waals surface area contributed by atoms with Crippen LogP contribution < -0.4 is 5.32 Å². The third-order valence-corrected chi connectivity index (χ3v) is 3.14. The molecule has 78 valence electrons. The Bertz CT molecular complexity index is 273. The van der Waals surface area contributed by atoms with Gasteiger partial charge in [-0.25, -0.2) is 0 Å². The minimum absolute atomic E-state index is 0.0724. The van der Waals surface area contributed by atoms with E-state index < -0.39 is 11.9 Å². The number of carbonyl (C=O) groups excluding carboxylic acids is 1. The first kappa shape index (κ1) is 9.49. The average molecular weight is 197 g/mol. The number of carboxylic acids is 1. The summed E-state index contributed by atoms with van der Waals surface area (Å²) in [7, 11) is 0. The molecule has 2 N–H and O–H groups in total. The van der Waals surface area contributed by atoms with Gasteiger partial charge in [0.05, 0.1) is 11.8 Å². The van der Waals surface area contributed by atoms with Crippen LogP contribution in [0, 0.1) is 17.8 Å². The number of amides is 1. The Balaban J connectivity index is 1.76. The van der Waals surface area contributed by atoms with Crippen molar-refractivity contribution in [2.45, 2.75) is 32.2 Å². The van der Waals surface area contributed by atoms with Gasteiger partial charge in [-0.05, 0) is 32.1 Å². The second-order valence-corrected chi connectivity index (χ2v) is 4.42. The molecular formula is C10H15NO3. The summed E-state index contributed by atoms with van der Waals surface area (Å²) < 4.78 is 0. The summed E-state index contributed by atoms with van der Waals surface area (Å²) in [6.45, 7) is 1.99. The summed E-state index contributed by atoms with van der Waals surface area (Å²) in [5.74, 6) is -0.989. The molecule has 2 aliphatic carbocycles. The fourth-order valence-electron chi connectivity index (χ4n) is 1.80. The average Bonchev–Trinajstić information content (AvgIpc) is 2.98. The third-order valence-electron chi connectivity index (χ3n) is 3.14. The highest BCUT2D eigenvalue weighted by molar-refractivity contribution is 5.89. The Labute approximate surface area is 82.7 Å². The zero-order chi connectivity index (χ0) is 10.3. The fourth-order valence-corrected chi connectivity index (χ4v) is 1.80. The van der Waals surface area contributed by atoms with Crippen molar-refractivity contribution in [3.8, 4) is 0 Å². The van der Waals surface area contributed by atoms with Gasteiger partial charge in [0, 0.05) is 6.04 Å². The first-order valence-electron chi connectivity index (χ1n) is 5.12. The Hall–Kier alpha value is -1.06. The zero-order valence-electron chi connectivity index (χ0n) is 8.19. The molecule has 0 aromatic rings. The van der Waals surface area contributed by atoms with E-state index in [1.807, 2.05) is 6.92 Å². The van der Waals surface area contributed by atoms with Gasteiger partial charge in [-0.3, -0.25) is 9.59 Å². The van der Waals surface area contributed by atoms with E-state index in [-0.39, 0.29) is 17.9 Å². The lowest BCUT2D eigenvalue weighted by Gasteiger charge is -2.11. The minimum Gasteiger partial charge on any atom is -0.481 e. The molecule has 2 fully saturated rings. The highest BCUT2D eigenvalue weighted by atomic mass is 16.4. The van der Waals surface area contributed by atoms with Gasteiger partial charge < -0.3 is 10.4 Å². The van der Waals surface area contributed by atoms with E-state index in [2.05, 4.69) is 5.32 Å². The molecule has 0 heterocycles. The third kappa shape index (κ3) is 1.89. The highest BCUT2D eigenvalue weighted by Crippen LogP contribution is 2.39. The highest BCUT2D eigenvalue weighted by Gasteiger charge is 2.48. The SMILES string of the molecule is CC(NC(=O)[C@@H]1C[C@@H]1C(=O)O)C1CC1. The predicted octanol–water partition coefficient (Wildman–Crippen LogP) is 0.622. The minimum atomic E-state index is -0.843. The molecule has 4 heteroatoms. The first-order valence-corrected chi connectivity index (χ1v) is 5.12. The van der Waals surface area contributed by atoms with E-state index in [4.69, 9.17) is 5.11 Å². The molecule has 2 rings (SSSR count). The smallest absolute Gasteiger partial charge is 0.307 e. The van der Waals surface area contributed by atoms with Crippen LogP contribution in [0.3, 0.4) is 0 Å². The summed E-state index contributed by atoms with van der Waals surface area (Å²) >= 11 is 0. The molecule has 0 aromatic heterocycles. The molecule has 0 aliphatic heterocycles. The van der Waals surface area contributed by atoms with Crippen molar-refractivity contribution in [1.29, 1.82) is 0 Å². The van der Waals surface area contributed by atoms with E-state index in [0.717, 1.165) is 0 Å². The number of carboxylic acid groups (broad SMARTS) is 1. The number of carbonyl (C=O) groups is 2. The summed E-state index contributed by atoms with van der Waals surface area (Å²) in [6.07, 6.45) is 2.89. The van der Waals surface area contributed by atoms with E-state index >= 15 is 0 Å². The molecular weight excluding hydrogens is 182 g/mol. The Kier molecular flexibility index (Phi) is 2.21. The standard InChI is InChI=1S/C10H15NO3/c1-5(6-2-3-6)11-9(12)7-4-8(7)10(13)14/h5-8H,2-4H2,1H3,(H,11,12)(H,13,14)/t5?,7-,8+/m1/s1. The lowest BCUT2D eigenvalue weighted by molar-refractivity contribution is -0.140. The maximum Gasteiger partial charge on any atom is 0.307 e. The molecule has 3 atom stereocenters. The molecule has 1 unspecified atom stereocenters. The first-order chi connectivity index (χ1) is 6.59. The lowest BCUT2D eigenvalue weighted by atomic mass is 10.2. The van der Waals surface area contributed by atoms with Crippen molar-refractivity contribution in [3.63, 3.8) is 0 Å². The van der Waals surface area contributed by atoms with Crippen molar-refractivity contribution in [1.82, 2.24) is 5.32 Å². The molecule has 0 aromatic carbocycles. The molecule has 4 nitrogen and oxygen atoms in total. The van der Waals surface area contributed by atoms with Crippen LogP contribution in [0.4, 0.5) is 0 Å². The van der Waals surface area contributed by atoms with Crippen LogP contribution in [0.15, 0.2) is 0 Å².